The van der Waals surface area contributed by atoms with E-state index in [-0.39, 0.29) is 12.3 Å². The molecule has 0 heterocycles. The zero-order valence-corrected chi connectivity index (χ0v) is 12.1. The second-order valence-corrected chi connectivity index (χ2v) is 5.18. The van der Waals surface area contributed by atoms with Gasteiger partial charge in [-0.05, 0) is 31.7 Å². The molecule has 0 spiro atoms. The Labute approximate surface area is 119 Å². The van der Waals surface area contributed by atoms with Gasteiger partial charge in [0.25, 0.3) is 0 Å². The molecule has 0 bridgehead atoms. The lowest BCUT2D eigenvalue weighted by molar-refractivity contribution is -0.139. The predicted molar refractivity (Wildman–Crippen MR) is 74.7 cm³/mol. The van der Waals surface area contributed by atoms with Crippen LogP contribution in [0.4, 0.5) is 0 Å². The van der Waals surface area contributed by atoms with Crippen LogP contribution >= 0.6 is 0 Å². The van der Waals surface area contributed by atoms with Crippen molar-refractivity contribution in [2.75, 3.05) is 13.2 Å². The van der Waals surface area contributed by atoms with Crippen molar-refractivity contribution in [1.82, 2.24) is 5.32 Å². The van der Waals surface area contributed by atoms with Crippen LogP contribution in [-0.4, -0.2) is 47.8 Å². The summed E-state index contributed by atoms with van der Waals surface area (Å²) in [6.45, 7) is 3.13. The molecule has 0 saturated carbocycles. The number of ketones is 1. The molecule has 0 aliphatic carbocycles. The minimum atomic E-state index is -1.82. The summed E-state index contributed by atoms with van der Waals surface area (Å²) in [6.07, 6.45) is 1.79. The largest absolute Gasteiger partial charge is 0.388 e. The fraction of sp³-hybridized carbons (Fsp3) is 0.769. The number of hydrogen-bond donors (Lipinski definition) is 4. The first-order valence-electron chi connectivity index (χ1n) is 6.72. The molecule has 0 aliphatic rings. The number of aldehydes is 1. The Morgan fingerprint density at radius 1 is 1.35 bits per heavy atom. The molecule has 0 unspecified atom stereocenters. The maximum atomic E-state index is 12.2. The summed E-state index contributed by atoms with van der Waals surface area (Å²) in [4.78, 5) is 34.8. The van der Waals surface area contributed by atoms with E-state index in [4.69, 9.17) is 16.6 Å². The van der Waals surface area contributed by atoms with Gasteiger partial charge in [0.2, 0.25) is 5.91 Å². The summed E-state index contributed by atoms with van der Waals surface area (Å²) in [5, 5.41) is 11.4. The molecular weight excluding hydrogens is 262 g/mol. The molecule has 0 aliphatic heterocycles. The summed E-state index contributed by atoms with van der Waals surface area (Å²) < 4.78 is 0. The van der Waals surface area contributed by atoms with E-state index < -0.39 is 29.9 Å². The van der Waals surface area contributed by atoms with Gasteiger partial charge in [-0.3, -0.25) is 9.59 Å². The highest BCUT2D eigenvalue weighted by Crippen LogP contribution is 2.14. The Morgan fingerprint density at radius 2 is 1.95 bits per heavy atom. The van der Waals surface area contributed by atoms with Gasteiger partial charge in [0.05, 0.1) is 6.04 Å². The molecule has 0 saturated heterocycles. The van der Waals surface area contributed by atoms with Crippen molar-refractivity contribution in [1.29, 1.82) is 0 Å². The third kappa shape index (κ3) is 4.99. The normalized spacial score (nSPS) is 15.5. The van der Waals surface area contributed by atoms with Crippen LogP contribution in [0.1, 0.15) is 33.1 Å². The monoisotopic (exact) mass is 287 g/mol. The lowest BCUT2D eigenvalue weighted by Gasteiger charge is -2.28. The number of amides is 1. The number of aliphatic hydroxyl groups is 1. The standard InChI is InChI=1S/C13H25N3O4/c1-9(2)10(7-17)16-12(20)13(15,11(19)8-18)5-3-4-6-14/h7,9-10,18H,3-6,8,14-15H2,1-2H3,(H,16,20)/t10-,13-/m1/s1. The molecule has 20 heavy (non-hydrogen) atoms. The summed E-state index contributed by atoms with van der Waals surface area (Å²) in [6, 6.07) is -0.716. The van der Waals surface area contributed by atoms with E-state index in [2.05, 4.69) is 5.32 Å². The van der Waals surface area contributed by atoms with E-state index in [1.54, 1.807) is 13.8 Å². The first-order chi connectivity index (χ1) is 9.33. The van der Waals surface area contributed by atoms with E-state index >= 15 is 0 Å². The van der Waals surface area contributed by atoms with Gasteiger partial charge in [0, 0.05) is 0 Å². The maximum Gasteiger partial charge on any atom is 0.248 e. The fourth-order valence-electron chi connectivity index (χ4n) is 1.71. The van der Waals surface area contributed by atoms with Crippen LogP contribution in [0, 0.1) is 5.92 Å². The Bertz CT molecular complexity index is 347. The highest BCUT2D eigenvalue weighted by molar-refractivity contribution is 6.11. The second-order valence-electron chi connectivity index (χ2n) is 5.18. The van der Waals surface area contributed by atoms with Gasteiger partial charge in [-0.25, -0.2) is 0 Å². The van der Waals surface area contributed by atoms with E-state index in [0.29, 0.717) is 25.7 Å². The molecule has 2 atom stereocenters. The summed E-state index contributed by atoms with van der Waals surface area (Å²) in [5.74, 6) is -1.62. The molecule has 0 rings (SSSR count). The Morgan fingerprint density at radius 3 is 2.35 bits per heavy atom. The predicted octanol–water partition coefficient (Wildman–Crippen LogP) is -1.29. The van der Waals surface area contributed by atoms with Gasteiger partial charge < -0.3 is 26.7 Å². The third-order valence-electron chi connectivity index (χ3n) is 3.23. The van der Waals surface area contributed by atoms with E-state index in [1.807, 2.05) is 0 Å². The lowest BCUT2D eigenvalue weighted by Crippen LogP contribution is -2.62. The van der Waals surface area contributed by atoms with Crippen LogP contribution in [-0.2, 0) is 14.4 Å². The fourth-order valence-corrected chi connectivity index (χ4v) is 1.71. The number of carbonyl (C=O) groups excluding carboxylic acids is 3. The number of nitrogens with one attached hydrogen (secondary N) is 1. The average molecular weight is 287 g/mol. The number of hydrogen-bond acceptors (Lipinski definition) is 6. The van der Waals surface area contributed by atoms with E-state index in [0.717, 1.165) is 0 Å². The molecule has 116 valence electrons. The molecule has 0 radical (unpaired) electrons. The topological polar surface area (TPSA) is 136 Å². The molecule has 1 amide bonds. The van der Waals surface area contributed by atoms with E-state index in [1.165, 1.54) is 0 Å². The zero-order chi connectivity index (χ0) is 15.8. The Balaban J connectivity index is 4.97. The van der Waals surface area contributed by atoms with Gasteiger partial charge in [-0.1, -0.05) is 13.8 Å². The van der Waals surface area contributed by atoms with Gasteiger partial charge in [0.15, 0.2) is 11.3 Å². The zero-order valence-electron chi connectivity index (χ0n) is 12.1. The number of unbranched alkanes of at least 4 members (excludes halogenated alkanes) is 1. The number of rotatable bonds is 10. The number of Topliss-reactive ketones (excluding diaryl/α,β-unsaturated/α-hetero) is 1. The molecule has 0 aromatic rings. The lowest BCUT2D eigenvalue weighted by atomic mass is 9.87. The average Bonchev–Trinajstić information content (AvgIpc) is 2.42. The summed E-state index contributed by atoms with van der Waals surface area (Å²) in [7, 11) is 0. The summed E-state index contributed by atoms with van der Waals surface area (Å²) in [5.41, 5.74) is 9.40. The van der Waals surface area contributed by atoms with Gasteiger partial charge in [-0.2, -0.15) is 0 Å². The van der Waals surface area contributed by atoms with Crippen molar-refractivity contribution in [2.24, 2.45) is 17.4 Å². The second kappa shape index (κ2) is 8.78. The van der Waals surface area contributed by atoms with Crippen molar-refractivity contribution in [2.45, 2.75) is 44.7 Å². The van der Waals surface area contributed by atoms with Crippen molar-refractivity contribution in [3.8, 4) is 0 Å². The van der Waals surface area contributed by atoms with Gasteiger partial charge >= 0.3 is 0 Å². The van der Waals surface area contributed by atoms with Crippen LogP contribution in [0.25, 0.3) is 0 Å². The number of carbonyl (C=O) groups is 3. The first kappa shape index (κ1) is 18.7. The van der Waals surface area contributed by atoms with Crippen molar-refractivity contribution >= 4 is 18.0 Å². The highest BCUT2D eigenvalue weighted by atomic mass is 16.3. The van der Waals surface area contributed by atoms with Crippen LogP contribution in [0.5, 0.6) is 0 Å². The first-order valence-corrected chi connectivity index (χ1v) is 6.72. The van der Waals surface area contributed by atoms with E-state index in [9.17, 15) is 14.4 Å². The Hall–Kier alpha value is -1.31. The maximum absolute atomic E-state index is 12.2. The van der Waals surface area contributed by atoms with Crippen LogP contribution < -0.4 is 16.8 Å². The van der Waals surface area contributed by atoms with Crippen molar-refractivity contribution < 1.29 is 19.5 Å². The molecule has 0 aromatic heterocycles. The van der Waals surface area contributed by atoms with Crippen LogP contribution in [0.3, 0.4) is 0 Å². The van der Waals surface area contributed by atoms with Crippen LogP contribution in [0.2, 0.25) is 0 Å². The minimum Gasteiger partial charge on any atom is -0.388 e. The van der Waals surface area contributed by atoms with Crippen molar-refractivity contribution in [3.63, 3.8) is 0 Å². The van der Waals surface area contributed by atoms with Crippen LogP contribution in [0.15, 0.2) is 0 Å². The molecule has 6 N–H and O–H groups in total. The molecular formula is C13H25N3O4. The quantitative estimate of drug-likeness (QED) is 0.224. The number of nitrogens with two attached hydrogens (primary N) is 2. The third-order valence-corrected chi connectivity index (χ3v) is 3.23. The highest BCUT2D eigenvalue weighted by Gasteiger charge is 2.41. The molecule has 7 heteroatoms. The molecule has 0 aromatic carbocycles. The minimum absolute atomic E-state index is 0.0824. The van der Waals surface area contributed by atoms with Crippen molar-refractivity contribution in [3.05, 3.63) is 0 Å². The number of aliphatic hydroxyl groups excluding tert-OH is 1. The summed E-state index contributed by atoms with van der Waals surface area (Å²) >= 11 is 0. The van der Waals surface area contributed by atoms with Gasteiger partial charge in [0.1, 0.15) is 12.9 Å². The Kier molecular flexibility index (Phi) is 8.21. The SMILES string of the molecule is CC(C)[C@@H](C=O)NC(=O)[C@@](N)(CCCCN)C(=O)CO. The molecule has 0 fully saturated rings. The smallest absolute Gasteiger partial charge is 0.248 e. The van der Waals surface area contributed by atoms with Gasteiger partial charge in [-0.15, -0.1) is 0 Å². The molecule has 7 nitrogen and oxygen atoms in total.